The van der Waals surface area contributed by atoms with Gasteiger partial charge in [0.15, 0.2) is 0 Å². The average molecular weight is 280 g/mol. The molecule has 0 aliphatic carbocycles. The summed E-state index contributed by atoms with van der Waals surface area (Å²) in [5, 5.41) is 5.73. The average Bonchev–Trinajstić information content (AvgIpc) is 2.92. The van der Waals surface area contributed by atoms with Crippen LogP contribution in [-0.2, 0) is 0 Å². The zero-order valence-corrected chi connectivity index (χ0v) is 13.6. The lowest BCUT2D eigenvalue weighted by Crippen LogP contribution is -2.44. The van der Waals surface area contributed by atoms with Crippen molar-refractivity contribution in [3.05, 3.63) is 22.4 Å². The first kappa shape index (κ1) is 15.0. The fourth-order valence-corrected chi connectivity index (χ4v) is 4.02. The molecular weight excluding hydrogens is 252 g/mol. The van der Waals surface area contributed by atoms with Gasteiger partial charge in [-0.05, 0) is 62.7 Å². The molecule has 108 valence electrons. The fourth-order valence-electron chi connectivity index (χ4n) is 3.17. The molecule has 2 atom stereocenters. The molecule has 0 radical (unpaired) electrons. The third kappa shape index (κ3) is 3.80. The number of thiophene rings is 1. The summed E-state index contributed by atoms with van der Waals surface area (Å²) in [5.74, 6) is 0.805. The molecule has 1 aliphatic rings. The zero-order valence-electron chi connectivity index (χ0n) is 12.8. The molecule has 1 aromatic rings. The Hall–Kier alpha value is -0.380. The molecule has 1 aromatic heterocycles. The van der Waals surface area contributed by atoms with Gasteiger partial charge in [0.05, 0.1) is 0 Å². The summed E-state index contributed by atoms with van der Waals surface area (Å²) < 4.78 is 0. The highest BCUT2D eigenvalue weighted by atomic mass is 32.1. The van der Waals surface area contributed by atoms with Crippen molar-refractivity contribution in [1.29, 1.82) is 0 Å². The highest BCUT2D eigenvalue weighted by Crippen LogP contribution is 2.34. The third-order valence-corrected chi connectivity index (χ3v) is 5.72. The molecule has 2 nitrogen and oxygen atoms in total. The summed E-state index contributed by atoms with van der Waals surface area (Å²) >= 11 is 1.87. The maximum Gasteiger partial charge on any atom is 0.0410 e. The van der Waals surface area contributed by atoms with E-state index >= 15 is 0 Å². The van der Waals surface area contributed by atoms with E-state index < -0.39 is 0 Å². The van der Waals surface area contributed by atoms with Crippen LogP contribution in [0.15, 0.2) is 17.5 Å². The van der Waals surface area contributed by atoms with E-state index in [0.717, 1.165) is 5.92 Å². The minimum absolute atomic E-state index is 0.383. The topological polar surface area (TPSA) is 15.3 Å². The van der Waals surface area contributed by atoms with E-state index in [0.29, 0.717) is 11.5 Å². The van der Waals surface area contributed by atoms with Crippen molar-refractivity contribution in [2.45, 2.75) is 39.7 Å². The van der Waals surface area contributed by atoms with Crippen molar-refractivity contribution in [3.8, 4) is 0 Å². The monoisotopic (exact) mass is 280 g/mol. The lowest BCUT2D eigenvalue weighted by Gasteiger charge is -2.41. The first-order chi connectivity index (χ1) is 9.00. The van der Waals surface area contributed by atoms with Crippen LogP contribution in [0.5, 0.6) is 0 Å². The Bertz CT molecular complexity index is 366. The fraction of sp³-hybridized carbons (Fsp3) is 0.750. The molecule has 3 heteroatoms. The van der Waals surface area contributed by atoms with Gasteiger partial charge in [-0.1, -0.05) is 19.9 Å². The Kier molecular flexibility index (Phi) is 5.04. The van der Waals surface area contributed by atoms with E-state index in [-0.39, 0.29) is 0 Å². The van der Waals surface area contributed by atoms with Crippen molar-refractivity contribution in [2.75, 3.05) is 26.7 Å². The maximum atomic E-state index is 3.55. The van der Waals surface area contributed by atoms with Crippen LogP contribution in [0.2, 0.25) is 0 Å². The van der Waals surface area contributed by atoms with E-state index in [1.807, 2.05) is 11.3 Å². The van der Waals surface area contributed by atoms with Crippen molar-refractivity contribution < 1.29 is 0 Å². The van der Waals surface area contributed by atoms with Gasteiger partial charge in [-0.15, -0.1) is 11.3 Å². The molecule has 2 rings (SSSR count). The van der Waals surface area contributed by atoms with Gasteiger partial charge < -0.3 is 5.32 Å². The van der Waals surface area contributed by atoms with E-state index in [1.165, 1.54) is 37.4 Å². The number of nitrogens with one attached hydrogen (secondary N) is 1. The molecule has 0 aromatic carbocycles. The first-order valence-corrected chi connectivity index (χ1v) is 8.33. The van der Waals surface area contributed by atoms with Crippen LogP contribution < -0.4 is 5.32 Å². The number of hydrogen-bond donors (Lipinski definition) is 1. The SMILES string of the molecule is CC(c1cccs1)N(C)CC(C)(C)C1CCCNC1. The molecule has 0 saturated carbocycles. The number of piperidine rings is 1. The van der Waals surface area contributed by atoms with Gasteiger partial charge in [-0.25, -0.2) is 0 Å². The van der Waals surface area contributed by atoms with Crippen LogP contribution in [0.4, 0.5) is 0 Å². The molecule has 1 N–H and O–H groups in total. The largest absolute Gasteiger partial charge is 0.316 e. The number of hydrogen-bond acceptors (Lipinski definition) is 3. The van der Waals surface area contributed by atoms with Gasteiger partial charge in [0.1, 0.15) is 0 Å². The van der Waals surface area contributed by atoms with Gasteiger partial charge >= 0.3 is 0 Å². The molecule has 0 spiro atoms. The summed E-state index contributed by atoms with van der Waals surface area (Å²) in [6.07, 6.45) is 2.71. The highest BCUT2D eigenvalue weighted by Gasteiger charge is 2.32. The molecule has 1 saturated heterocycles. The molecule has 2 heterocycles. The Morgan fingerprint density at radius 2 is 2.32 bits per heavy atom. The lowest BCUT2D eigenvalue weighted by atomic mass is 9.74. The lowest BCUT2D eigenvalue weighted by molar-refractivity contribution is 0.0963. The molecular formula is C16H28N2S. The number of rotatable bonds is 5. The second-order valence-corrected chi connectivity index (χ2v) is 7.62. The van der Waals surface area contributed by atoms with Crippen LogP contribution in [0.25, 0.3) is 0 Å². The summed E-state index contributed by atoms with van der Waals surface area (Å²) in [6, 6.07) is 4.93. The molecule has 2 unspecified atom stereocenters. The first-order valence-electron chi connectivity index (χ1n) is 7.45. The van der Waals surface area contributed by atoms with Crippen molar-refractivity contribution in [3.63, 3.8) is 0 Å². The van der Waals surface area contributed by atoms with Crippen LogP contribution in [0, 0.1) is 11.3 Å². The van der Waals surface area contributed by atoms with Crippen molar-refractivity contribution in [2.24, 2.45) is 11.3 Å². The Balaban J connectivity index is 1.94. The quantitative estimate of drug-likeness (QED) is 0.883. The van der Waals surface area contributed by atoms with E-state index in [2.05, 4.69) is 55.5 Å². The maximum absolute atomic E-state index is 3.55. The van der Waals surface area contributed by atoms with Gasteiger partial charge in [0.25, 0.3) is 0 Å². The van der Waals surface area contributed by atoms with Crippen LogP contribution in [0.3, 0.4) is 0 Å². The van der Waals surface area contributed by atoms with Crippen LogP contribution >= 0.6 is 11.3 Å². The summed E-state index contributed by atoms with van der Waals surface area (Å²) in [6.45, 7) is 10.7. The number of nitrogens with zero attached hydrogens (tertiary/aromatic N) is 1. The van der Waals surface area contributed by atoms with Crippen molar-refractivity contribution in [1.82, 2.24) is 10.2 Å². The van der Waals surface area contributed by atoms with Crippen LogP contribution in [-0.4, -0.2) is 31.6 Å². The highest BCUT2D eigenvalue weighted by molar-refractivity contribution is 7.10. The van der Waals surface area contributed by atoms with Crippen molar-refractivity contribution >= 4 is 11.3 Å². The molecule has 19 heavy (non-hydrogen) atoms. The minimum Gasteiger partial charge on any atom is -0.316 e. The second kappa shape index (κ2) is 6.38. The Morgan fingerprint density at radius 3 is 2.89 bits per heavy atom. The smallest absolute Gasteiger partial charge is 0.0410 e. The summed E-state index contributed by atoms with van der Waals surface area (Å²) in [7, 11) is 2.27. The normalized spacial score (nSPS) is 22.7. The second-order valence-electron chi connectivity index (χ2n) is 6.64. The van der Waals surface area contributed by atoms with Gasteiger partial charge in [0, 0.05) is 17.5 Å². The van der Waals surface area contributed by atoms with E-state index in [4.69, 9.17) is 0 Å². The molecule has 0 bridgehead atoms. The van der Waals surface area contributed by atoms with E-state index in [1.54, 1.807) is 0 Å². The van der Waals surface area contributed by atoms with Gasteiger partial charge in [0.2, 0.25) is 0 Å². The standard InChI is InChI=1S/C16H28N2S/c1-13(15-8-6-10-19-15)18(4)12-16(2,3)14-7-5-9-17-11-14/h6,8,10,13-14,17H,5,7,9,11-12H2,1-4H3. The van der Waals surface area contributed by atoms with Crippen LogP contribution in [0.1, 0.15) is 44.5 Å². The molecule has 1 fully saturated rings. The predicted molar refractivity (Wildman–Crippen MR) is 84.7 cm³/mol. The minimum atomic E-state index is 0.383. The Labute approximate surface area is 122 Å². The van der Waals surface area contributed by atoms with E-state index in [9.17, 15) is 0 Å². The summed E-state index contributed by atoms with van der Waals surface area (Å²) in [5.41, 5.74) is 0.383. The Morgan fingerprint density at radius 1 is 1.53 bits per heavy atom. The molecule has 1 aliphatic heterocycles. The molecule has 0 amide bonds. The van der Waals surface area contributed by atoms with Gasteiger partial charge in [-0.2, -0.15) is 0 Å². The zero-order chi connectivity index (χ0) is 13.9. The summed E-state index contributed by atoms with van der Waals surface area (Å²) in [4.78, 5) is 3.99. The predicted octanol–water partition coefficient (Wildman–Crippen LogP) is 3.77. The third-order valence-electron chi connectivity index (χ3n) is 4.68. The van der Waals surface area contributed by atoms with Gasteiger partial charge in [-0.3, -0.25) is 4.90 Å².